The second-order valence-electron chi connectivity index (χ2n) is 3.42. The number of hydrogen-bond donors (Lipinski definition) is 1. The van der Waals surface area contributed by atoms with Gasteiger partial charge in [0.15, 0.2) is 0 Å². The molecule has 0 fully saturated rings. The molecule has 0 unspecified atom stereocenters. The standard InChI is InChI=1S/C13H15ClN2O/c1-2-3-7-17-8-6-16-13-5-4-12(14)9-11(13)10-15/h2,4-5,9,16H,1,3,6-8H2. The lowest BCUT2D eigenvalue weighted by molar-refractivity contribution is 0.149. The van der Waals surface area contributed by atoms with Gasteiger partial charge in [-0.05, 0) is 24.6 Å². The smallest absolute Gasteiger partial charge is 0.101 e. The van der Waals surface area contributed by atoms with E-state index in [1.54, 1.807) is 18.2 Å². The van der Waals surface area contributed by atoms with Crippen molar-refractivity contribution in [2.24, 2.45) is 0 Å². The van der Waals surface area contributed by atoms with Crippen LogP contribution in [-0.2, 0) is 4.74 Å². The van der Waals surface area contributed by atoms with Crippen molar-refractivity contribution in [3.8, 4) is 6.07 Å². The summed E-state index contributed by atoms with van der Waals surface area (Å²) < 4.78 is 5.35. The third-order valence-electron chi connectivity index (χ3n) is 2.13. The lowest BCUT2D eigenvalue weighted by Gasteiger charge is -2.08. The van der Waals surface area contributed by atoms with Gasteiger partial charge < -0.3 is 10.1 Å². The van der Waals surface area contributed by atoms with Crippen LogP contribution in [0.5, 0.6) is 0 Å². The molecule has 0 aliphatic heterocycles. The number of anilines is 1. The zero-order valence-electron chi connectivity index (χ0n) is 9.58. The van der Waals surface area contributed by atoms with Crippen molar-refractivity contribution in [1.82, 2.24) is 0 Å². The number of halogens is 1. The Hall–Kier alpha value is -1.50. The second kappa shape index (κ2) is 7.72. The molecule has 0 saturated carbocycles. The summed E-state index contributed by atoms with van der Waals surface area (Å²) in [5, 5.41) is 12.6. The van der Waals surface area contributed by atoms with Gasteiger partial charge in [0, 0.05) is 11.6 Å². The number of hydrogen-bond acceptors (Lipinski definition) is 3. The number of nitrogens with zero attached hydrogens (tertiary/aromatic N) is 1. The molecule has 0 radical (unpaired) electrons. The zero-order chi connectivity index (χ0) is 12.5. The number of ether oxygens (including phenoxy) is 1. The molecule has 3 nitrogen and oxygen atoms in total. The van der Waals surface area contributed by atoms with Crippen LogP contribution in [0.3, 0.4) is 0 Å². The summed E-state index contributed by atoms with van der Waals surface area (Å²) in [6.45, 7) is 5.55. The summed E-state index contributed by atoms with van der Waals surface area (Å²) in [7, 11) is 0. The molecule has 0 aliphatic rings. The van der Waals surface area contributed by atoms with Gasteiger partial charge in [0.25, 0.3) is 0 Å². The summed E-state index contributed by atoms with van der Waals surface area (Å²) in [5.41, 5.74) is 1.33. The van der Waals surface area contributed by atoms with Crippen molar-refractivity contribution in [2.75, 3.05) is 25.1 Å². The fourth-order valence-corrected chi connectivity index (χ4v) is 1.46. The first-order chi connectivity index (χ1) is 8.27. The van der Waals surface area contributed by atoms with Crippen LogP contribution >= 0.6 is 11.6 Å². The lowest BCUT2D eigenvalue weighted by atomic mass is 10.2. The van der Waals surface area contributed by atoms with Crippen LogP contribution in [0.1, 0.15) is 12.0 Å². The highest BCUT2D eigenvalue weighted by Crippen LogP contribution is 2.19. The van der Waals surface area contributed by atoms with Crippen molar-refractivity contribution >= 4 is 17.3 Å². The van der Waals surface area contributed by atoms with Gasteiger partial charge in [0.05, 0.1) is 24.5 Å². The van der Waals surface area contributed by atoms with Gasteiger partial charge >= 0.3 is 0 Å². The van der Waals surface area contributed by atoms with E-state index in [0.717, 1.165) is 12.1 Å². The highest BCUT2D eigenvalue weighted by atomic mass is 35.5. The Kier molecular flexibility index (Phi) is 6.16. The Morgan fingerprint density at radius 1 is 1.47 bits per heavy atom. The number of nitrogens with one attached hydrogen (secondary N) is 1. The zero-order valence-corrected chi connectivity index (χ0v) is 10.3. The molecule has 0 saturated heterocycles. The predicted octanol–water partition coefficient (Wildman–Crippen LogP) is 3.22. The SMILES string of the molecule is C=CCCOCCNc1ccc(Cl)cc1C#N. The fraction of sp³-hybridized carbons (Fsp3) is 0.308. The maximum absolute atomic E-state index is 8.92. The summed E-state index contributed by atoms with van der Waals surface area (Å²) in [5.74, 6) is 0. The average Bonchev–Trinajstić information content (AvgIpc) is 2.35. The largest absolute Gasteiger partial charge is 0.382 e. The Morgan fingerprint density at radius 3 is 3.00 bits per heavy atom. The van der Waals surface area contributed by atoms with Crippen LogP contribution < -0.4 is 5.32 Å². The van der Waals surface area contributed by atoms with Crippen LogP contribution in [0.25, 0.3) is 0 Å². The first kappa shape index (κ1) is 13.6. The molecule has 0 aliphatic carbocycles. The fourth-order valence-electron chi connectivity index (χ4n) is 1.29. The number of benzene rings is 1. The highest BCUT2D eigenvalue weighted by molar-refractivity contribution is 6.30. The summed E-state index contributed by atoms with van der Waals surface area (Å²) in [6.07, 6.45) is 2.67. The molecule has 4 heteroatoms. The topological polar surface area (TPSA) is 45.0 Å². The molecule has 1 rings (SSSR count). The quantitative estimate of drug-likeness (QED) is 0.597. The Morgan fingerprint density at radius 2 is 2.29 bits per heavy atom. The van der Waals surface area contributed by atoms with Gasteiger partial charge in [-0.15, -0.1) is 6.58 Å². The van der Waals surface area contributed by atoms with Crippen LogP contribution in [0.2, 0.25) is 5.02 Å². The van der Waals surface area contributed by atoms with Gasteiger partial charge in [0.2, 0.25) is 0 Å². The van der Waals surface area contributed by atoms with Crippen LogP contribution in [0, 0.1) is 11.3 Å². The van der Waals surface area contributed by atoms with Gasteiger partial charge in [-0.3, -0.25) is 0 Å². The van der Waals surface area contributed by atoms with Crippen LogP contribution in [-0.4, -0.2) is 19.8 Å². The molecule has 1 N–H and O–H groups in total. The Balaban J connectivity index is 2.36. The van der Waals surface area contributed by atoms with E-state index in [2.05, 4.69) is 18.0 Å². The Labute approximate surface area is 107 Å². The number of rotatable bonds is 7. The summed E-state index contributed by atoms with van der Waals surface area (Å²) in [6, 6.07) is 7.29. The summed E-state index contributed by atoms with van der Waals surface area (Å²) in [4.78, 5) is 0. The van der Waals surface area contributed by atoms with Crippen molar-refractivity contribution in [3.63, 3.8) is 0 Å². The minimum atomic E-state index is 0.545. The maximum atomic E-state index is 8.92. The lowest BCUT2D eigenvalue weighted by Crippen LogP contribution is -2.10. The summed E-state index contributed by atoms with van der Waals surface area (Å²) >= 11 is 5.80. The molecule has 0 spiro atoms. The van der Waals surface area contributed by atoms with Crippen LogP contribution in [0.15, 0.2) is 30.9 Å². The van der Waals surface area contributed by atoms with Gasteiger partial charge in [0.1, 0.15) is 6.07 Å². The molecule has 0 amide bonds. The predicted molar refractivity (Wildman–Crippen MR) is 70.3 cm³/mol. The second-order valence-corrected chi connectivity index (χ2v) is 3.85. The van der Waals surface area contributed by atoms with Crippen molar-refractivity contribution in [2.45, 2.75) is 6.42 Å². The van der Waals surface area contributed by atoms with E-state index in [9.17, 15) is 0 Å². The van der Waals surface area contributed by atoms with E-state index in [1.807, 2.05) is 6.08 Å². The van der Waals surface area contributed by atoms with Crippen molar-refractivity contribution < 1.29 is 4.74 Å². The average molecular weight is 251 g/mol. The molecule has 0 bridgehead atoms. The third kappa shape index (κ3) is 4.90. The van der Waals surface area contributed by atoms with E-state index in [-0.39, 0.29) is 0 Å². The number of nitriles is 1. The van der Waals surface area contributed by atoms with Gasteiger partial charge in [-0.1, -0.05) is 17.7 Å². The normalized spacial score (nSPS) is 9.65. The Bertz CT molecular complexity index is 412. The first-order valence-electron chi connectivity index (χ1n) is 5.40. The third-order valence-corrected chi connectivity index (χ3v) is 2.37. The van der Waals surface area contributed by atoms with Gasteiger partial charge in [-0.25, -0.2) is 0 Å². The molecule has 1 aromatic rings. The molecular weight excluding hydrogens is 236 g/mol. The van der Waals surface area contributed by atoms with Crippen LogP contribution in [0.4, 0.5) is 5.69 Å². The molecule has 1 aromatic carbocycles. The highest BCUT2D eigenvalue weighted by Gasteiger charge is 2.01. The van der Waals surface area contributed by atoms with E-state index in [0.29, 0.717) is 30.3 Å². The molecule has 0 atom stereocenters. The van der Waals surface area contributed by atoms with Crippen molar-refractivity contribution in [3.05, 3.63) is 41.4 Å². The monoisotopic (exact) mass is 250 g/mol. The van der Waals surface area contributed by atoms with Gasteiger partial charge in [-0.2, -0.15) is 5.26 Å². The minimum absolute atomic E-state index is 0.545. The van der Waals surface area contributed by atoms with E-state index in [4.69, 9.17) is 21.6 Å². The molecule has 0 aromatic heterocycles. The minimum Gasteiger partial charge on any atom is -0.382 e. The first-order valence-corrected chi connectivity index (χ1v) is 5.78. The molecular formula is C13H15ClN2O. The molecule has 90 valence electrons. The van der Waals surface area contributed by atoms with E-state index >= 15 is 0 Å². The molecule has 0 heterocycles. The van der Waals surface area contributed by atoms with E-state index in [1.165, 1.54) is 0 Å². The molecule has 17 heavy (non-hydrogen) atoms. The van der Waals surface area contributed by atoms with E-state index < -0.39 is 0 Å². The maximum Gasteiger partial charge on any atom is 0.101 e. The van der Waals surface area contributed by atoms with Crippen molar-refractivity contribution in [1.29, 1.82) is 5.26 Å².